The molecule has 2 aliphatic heterocycles. The van der Waals surface area contributed by atoms with Crippen molar-refractivity contribution in [2.75, 3.05) is 26.3 Å². The van der Waals surface area contributed by atoms with Crippen LogP contribution in [0.1, 0.15) is 19.4 Å². The number of morpholine rings is 1. The molecule has 24 heavy (non-hydrogen) atoms. The second kappa shape index (κ2) is 6.70. The zero-order chi connectivity index (χ0) is 17.3. The summed E-state index contributed by atoms with van der Waals surface area (Å²) in [4.78, 5) is 25.2. The molecule has 0 saturated carbocycles. The lowest BCUT2D eigenvalue weighted by Gasteiger charge is -2.37. The molecule has 1 aromatic carbocycles. The smallest absolute Gasteiger partial charge is 0.270 e. The first-order valence-corrected chi connectivity index (χ1v) is 8.00. The van der Waals surface area contributed by atoms with E-state index < -0.39 is 11.2 Å². The molecule has 0 unspecified atom stereocenters. The van der Waals surface area contributed by atoms with Crippen molar-refractivity contribution in [3.05, 3.63) is 39.4 Å². The lowest BCUT2D eigenvalue weighted by atomic mass is 9.94. The number of ether oxygens (including phenoxy) is 2. The molecule has 3 rings (SSSR count). The van der Waals surface area contributed by atoms with Gasteiger partial charge in [0, 0.05) is 36.7 Å². The Morgan fingerprint density at radius 3 is 2.67 bits per heavy atom. The number of Topliss-reactive ketones (excluding diaryl/α,β-unsaturated/α-hetero) is 1. The van der Waals surface area contributed by atoms with E-state index in [9.17, 15) is 14.9 Å². The average Bonchev–Trinajstić information content (AvgIpc) is 2.60. The highest BCUT2D eigenvalue weighted by Crippen LogP contribution is 2.35. The minimum absolute atomic E-state index is 0.0105. The molecule has 0 bridgehead atoms. The van der Waals surface area contributed by atoms with Gasteiger partial charge in [-0.3, -0.25) is 19.8 Å². The number of carbonyl (C=O) groups excluding carboxylic acids is 1. The molecule has 0 aliphatic carbocycles. The fourth-order valence-electron chi connectivity index (χ4n) is 2.90. The molecule has 0 N–H and O–H groups in total. The maximum Gasteiger partial charge on any atom is 0.270 e. The van der Waals surface area contributed by atoms with Gasteiger partial charge in [0.1, 0.15) is 5.75 Å². The third-order valence-electron chi connectivity index (χ3n) is 4.21. The van der Waals surface area contributed by atoms with E-state index in [1.54, 1.807) is 12.1 Å². The van der Waals surface area contributed by atoms with Crippen molar-refractivity contribution in [2.24, 2.45) is 5.92 Å². The molecule has 0 spiro atoms. The molecule has 0 aromatic heterocycles. The Kier molecular flexibility index (Phi) is 4.64. The molecule has 128 valence electrons. The number of hydrogen-bond acceptors (Lipinski definition) is 6. The number of non-ortho nitro benzene ring substituents is 1. The first-order chi connectivity index (χ1) is 11.5. The monoisotopic (exact) mass is 332 g/mol. The van der Waals surface area contributed by atoms with Gasteiger partial charge >= 0.3 is 0 Å². The van der Waals surface area contributed by atoms with Gasteiger partial charge < -0.3 is 9.47 Å². The minimum Gasteiger partial charge on any atom is -0.470 e. The van der Waals surface area contributed by atoms with Crippen molar-refractivity contribution in [3.63, 3.8) is 0 Å². The number of carbonyl (C=O) groups is 1. The summed E-state index contributed by atoms with van der Waals surface area (Å²) in [5, 5.41) is 11.0. The van der Waals surface area contributed by atoms with Crippen LogP contribution in [-0.2, 0) is 9.53 Å². The molecule has 1 atom stereocenters. The van der Waals surface area contributed by atoms with Crippen LogP contribution in [0.25, 0.3) is 6.08 Å². The van der Waals surface area contributed by atoms with Crippen molar-refractivity contribution in [3.8, 4) is 5.75 Å². The van der Waals surface area contributed by atoms with Gasteiger partial charge in [-0.15, -0.1) is 0 Å². The SMILES string of the molecule is CC(C)C(=O)C1=Cc2cc([N+](=O)[O-])ccc2O[C@H]1N1CCOCC1. The summed E-state index contributed by atoms with van der Waals surface area (Å²) in [5.74, 6) is 0.365. The van der Waals surface area contributed by atoms with Crippen LogP contribution in [0.4, 0.5) is 5.69 Å². The van der Waals surface area contributed by atoms with Crippen LogP contribution in [0.5, 0.6) is 5.75 Å². The number of nitrogens with zero attached hydrogens (tertiary/aromatic N) is 2. The number of nitro groups is 1. The van der Waals surface area contributed by atoms with Crippen LogP contribution in [0.15, 0.2) is 23.8 Å². The summed E-state index contributed by atoms with van der Waals surface area (Å²) in [5.41, 5.74) is 1.09. The maximum atomic E-state index is 12.6. The van der Waals surface area contributed by atoms with Crippen LogP contribution in [-0.4, -0.2) is 48.1 Å². The Hall–Kier alpha value is -2.25. The Morgan fingerprint density at radius 1 is 1.33 bits per heavy atom. The van der Waals surface area contributed by atoms with Crippen LogP contribution < -0.4 is 4.74 Å². The summed E-state index contributed by atoms with van der Waals surface area (Å²) >= 11 is 0. The maximum absolute atomic E-state index is 12.6. The zero-order valence-electron chi connectivity index (χ0n) is 13.7. The fraction of sp³-hybridized carbons (Fsp3) is 0.471. The summed E-state index contributed by atoms with van der Waals surface area (Å²) < 4.78 is 11.4. The van der Waals surface area contributed by atoms with Crippen molar-refractivity contribution in [1.29, 1.82) is 0 Å². The summed E-state index contributed by atoms with van der Waals surface area (Å²) in [6.07, 6.45) is 1.26. The largest absolute Gasteiger partial charge is 0.470 e. The van der Waals surface area contributed by atoms with Crippen LogP contribution in [0, 0.1) is 16.0 Å². The molecule has 0 amide bonds. The summed E-state index contributed by atoms with van der Waals surface area (Å²) in [7, 11) is 0. The summed E-state index contributed by atoms with van der Waals surface area (Å²) in [6, 6.07) is 4.45. The third kappa shape index (κ3) is 3.18. The first kappa shape index (κ1) is 16.6. The fourth-order valence-corrected chi connectivity index (χ4v) is 2.90. The van der Waals surface area contributed by atoms with E-state index in [-0.39, 0.29) is 17.4 Å². The molecule has 1 saturated heterocycles. The highest BCUT2D eigenvalue weighted by molar-refractivity contribution is 6.02. The number of nitro benzene ring substituents is 1. The van der Waals surface area contributed by atoms with Gasteiger partial charge in [-0.1, -0.05) is 13.8 Å². The number of hydrogen-bond donors (Lipinski definition) is 0. The van der Waals surface area contributed by atoms with E-state index in [1.165, 1.54) is 12.1 Å². The topological polar surface area (TPSA) is 81.9 Å². The predicted octanol–water partition coefficient (Wildman–Crippen LogP) is 2.25. The number of ketones is 1. The standard InChI is InChI=1S/C17H20N2O5/c1-11(2)16(20)14-10-12-9-13(19(21)22)3-4-15(12)24-17(14)18-5-7-23-8-6-18/h3-4,9-11,17H,5-8H2,1-2H3/t17-/m1/s1. The van der Waals surface area contributed by atoms with Crippen molar-refractivity contribution >= 4 is 17.5 Å². The van der Waals surface area contributed by atoms with E-state index in [0.29, 0.717) is 43.2 Å². The second-order valence-electron chi connectivity index (χ2n) is 6.22. The van der Waals surface area contributed by atoms with E-state index in [4.69, 9.17) is 9.47 Å². The molecule has 1 fully saturated rings. The lowest BCUT2D eigenvalue weighted by molar-refractivity contribution is -0.384. The van der Waals surface area contributed by atoms with Crippen molar-refractivity contribution in [2.45, 2.75) is 20.1 Å². The van der Waals surface area contributed by atoms with Gasteiger partial charge in [0.15, 0.2) is 12.0 Å². The third-order valence-corrected chi connectivity index (χ3v) is 4.21. The Bertz CT molecular complexity index is 692. The molecule has 2 heterocycles. The Morgan fingerprint density at radius 2 is 2.04 bits per heavy atom. The molecule has 7 heteroatoms. The Balaban J connectivity index is 2.00. The van der Waals surface area contributed by atoms with Gasteiger partial charge in [0.05, 0.1) is 23.7 Å². The molecular weight excluding hydrogens is 312 g/mol. The molecule has 0 radical (unpaired) electrons. The highest BCUT2D eigenvalue weighted by Gasteiger charge is 2.34. The van der Waals surface area contributed by atoms with Gasteiger partial charge in [0.2, 0.25) is 0 Å². The number of fused-ring (bicyclic) bond motifs is 1. The average molecular weight is 332 g/mol. The predicted molar refractivity (Wildman–Crippen MR) is 87.7 cm³/mol. The molecule has 1 aromatic rings. The van der Waals surface area contributed by atoms with Gasteiger partial charge in [-0.05, 0) is 12.1 Å². The summed E-state index contributed by atoms with van der Waals surface area (Å²) in [6.45, 7) is 6.21. The molecule has 7 nitrogen and oxygen atoms in total. The van der Waals surface area contributed by atoms with E-state index in [2.05, 4.69) is 4.90 Å². The minimum atomic E-state index is -0.474. The Labute approximate surface area is 140 Å². The first-order valence-electron chi connectivity index (χ1n) is 8.00. The van der Waals surface area contributed by atoms with Crippen molar-refractivity contribution < 1.29 is 19.2 Å². The second-order valence-corrected chi connectivity index (χ2v) is 6.22. The number of rotatable bonds is 4. The van der Waals surface area contributed by atoms with Crippen LogP contribution >= 0.6 is 0 Å². The number of benzene rings is 1. The van der Waals surface area contributed by atoms with E-state index in [1.807, 2.05) is 13.8 Å². The van der Waals surface area contributed by atoms with Crippen LogP contribution in [0.2, 0.25) is 0 Å². The van der Waals surface area contributed by atoms with E-state index >= 15 is 0 Å². The normalized spacial score (nSPS) is 21.0. The van der Waals surface area contributed by atoms with E-state index in [0.717, 1.165) is 0 Å². The lowest BCUT2D eigenvalue weighted by Crippen LogP contribution is -2.49. The van der Waals surface area contributed by atoms with Gasteiger partial charge in [0.25, 0.3) is 5.69 Å². The molecular formula is C17H20N2O5. The quantitative estimate of drug-likeness (QED) is 0.621. The zero-order valence-corrected chi connectivity index (χ0v) is 13.7. The highest BCUT2D eigenvalue weighted by atomic mass is 16.6. The van der Waals surface area contributed by atoms with Crippen LogP contribution in [0.3, 0.4) is 0 Å². The van der Waals surface area contributed by atoms with Gasteiger partial charge in [-0.2, -0.15) is 0 Å². The van der Waals surface area contributed by atoms with Crippen molar-refractivity contribution in [1.82, 2.24) is 4.90 Å². The molecule has 2 aliphatic rings. The van der Waals surface area contributed by atoms with Gasteiger partial charge in [-0.25, -0.2) is 0 Å².